The third kappa shape index (κ3) is 19.7. The minimum atomic E-state index is -0.0255. The summed E-state index contributed by atoms with van der Waals surface area (Å²) in [7, 11) is 2.04. The summed E-state index contributed by atoms with van der Waals surface area (Å²) in [6.45, 7) is 6.73. The van der Waals surface area contributed by atoms with Crippen LogP contribution in [0.1, 0.15) is 110 Å². The Bertz CT molecular complexity index is 348. The number of hydrogen-bond donors (Lipinski definition) is 0. The van der Waals surface area contributed by atoms with Crippen LogP contribution in [-0.2, 0) is 14.3 Å². The van der Waals surface area contributed by atoms with Gasteiger partial charge in [0.25, 0.3) is 0 Å². The first-order valence-corrected chi connectivity index (χ1v) is 11.5. The molecule has 1 fully saturated rings. The first-order valence-electron chi connectivity index (χ1n) is 11.5. The van der Waals surface area contributed by atoms with Crippen LogP contribution in [-0.4, -0.2) is 43.4 Å². The molecule has 0 aromatic heterocycles. The van der Waals surface area contributed by atoms with E-state index in [0.29, 0.717) is 25.4 Å². The molecule has 0 unspecified atom stereocenters. The molecule has 0 atom stereocenters. The van der Waals surface area contributed by atoms with E-state index in [1.165, 1.54) is 51.4 Å². The van der Waals surface area contributed by atoms with Crippen molar-refractivity contribution in [2.24, 2.45) is 0 Å². The van der Waals surface area contributed by atoms with E-state index in [-0.39, 0.29) is 5.97 Å². The summed E-state index contributed by atoms with van der Waals surface area (Å²) in [6.07, 6.45) is 17.6. The molecule has 1 aliphatic heterocycles. The van der Waals surface area contributed by atoms with Gasteiger partial charge in [-0.2, -0.15) is 0 Å². The fourth-order valence-corrected chi connectivity index (χ4v) is 3.28. The fourth-order valence-electron chi connectivity index (χ4n) is 3.28. The Morgan fingerprint density at radius 2 is 1.52 bits per heavy atom. The van der Waals surface area contributed by atoms with E-state index >= 15 is 0 Å². The first-order chi connectivity index (χ1) is 13.1. The number of likely N-dealkylation sites (N-methyl/N-ethyl adjacent to an activating group) is 1. The van der Waals surface area contributed by atoms with E-state index in [1.54, 1.807) is 0 Å². The van der Waals surface area contributed by atoms with Gasteiger partial charge in [-0.25, -0.2) is 0 Å². The van der Waals surface area contributed by atoms with E-state index in [2.05, 4.69) is 18.7 Å². The van der Waals surface area contributed by atoms with E-state index < -0.39 is 0 Å². The van der Waals surface area contributed by atoms with E-state index in [1.807, 2.05) is 7.05 Å². The van der Waals surface area contributed by atoms with Crippen LogP contribution >= 0.6 is 0 Å². The SMILES string of the molecule is CCCCCCCCCCCC(=O)CN(C)CCC.O=C1CCCCCO1. The number of hydrogen-bond acceptors (Lipinski definition) is 4. The number of rotatable bonds is 14. The summed E-state index contributed by atoms with van der Waals surface area (Å²) in [5.41, 5.74) is 0. The van der Waals surface area contributed by atoms with Gasteiger partial charge in [-0.15, -0.1) is 0 Å². The van der Waals surface area contributed by atoms with Crippen molar-refractivity contribution in [1.29, 1.82) is 0 Å². The standard InChI is InChI=1S/C17H35NO.C6H10O2/c1-4-6-7-8-9-10-11-12-13-14-17(19)16-18(3)15-5-2;7-6-4-2-1-3-5-8-6/h4-16H2,1-3H3;1-5H2. The Labute approximate surface area is 168 Å². The molecule has 0 aromatic rings. The summed E-state index contributed by atoms with van der Waals surface area (Å²) in [6, 6.07) is 0. The Kier molecular flexibility index (Phi) is 19.2. The van der Waals surface area contributed by atoms with Crippen molar-refractivity contribution in [3.05, 3.63) is 0 Å². The van der Waals surface area contributed by atoms with Gasteiger partial charge in [-0.1, -0.05) is 65.2 Å². The average molecular weight is 384 g/mol. The lowest BCUT2D eigenvalue weighted by Gasteiger charge is -2.13. The second-order valence-corrected chi connectivity index (χ2v) is 7.89. The number of unbranched alkanes of at least 4 members (excludes halogenated alkanes) is 8. The Morgan fingerprint density at radius 1 is 0.889 bits per heavy atom. The third-order valence-corrected chi connectivity index (χ3v) is 4.90. The van der Waals surface area contributed by atoms with Crippen LogP contribution in [0, 0.1) is 0 Å². The van der Waals surface area contributed by atoms with Crippen LogP contribution in [0.2, 0.25) is 0 Å². The normalized spacial score (nSPS) is 14.3. The van der Waals surface area contributed by atoms with Gasteiger partial charge in [-0.05, 0) is 45.7 Å². The monoisotopic (exact) mass is 383 g/mol. The van der Waals surface area contributed by atoms with Gasteiger partial charge in [0.1, 0.15) is 5.78 Å². The van der Waals surface area contributed by atoms with Crippen molar-refractivity contribution >= 4 is 11.8 Å². The highest BCUT2D eigenvalue weighted by Gasteiger charge is 2.06. The number of Topliss-reactive ketones (excluding diaryl/α,β-unsaturated/α-hetero) is 1. The second-order valence-electron chi connectivity index (χ2n) is 7.89. The number of ether oxygens (including phenoxy) is 1. The maximum atomic E-state index is 11.7. The largest absolute Gasteiger partial charge is 0.466 e. The highest BCUT2D eigenvalue weighted by atomic mass is 16.5. The van der Waals surface area contributed by atoms with Gasteiger partial charge < -0.3 is 4.74 Å². The Hall–Kier alpha value is -0.900. The zero-order chi connectivity index (χ0) is 20.2. The van der Waals surface area contributed by atoms with E-state index in [4.69, 9.17) is 4.74 Å². The molecular weight excluding hydrogens is 338 g/mol. The molecule has 4 nitrogen and oxygen atoms in total. The Balaban J connectivity index is 0.000000694. The number of carbonyl (C=O) groups is 2. The van der Waals surface area contributed by atoms with Crippen molar-refractivity contribution in [2.75, 3.05) is 26.7 Å². The molecule has 0 bridgehead atoms. The summed E-state index contributed by atoms with van der Waals surface area (Å²) < 4.78 is 4.76. The van der Waals surface area contributed by atoms with Gasteiger partial charge in [0.2, 0.25) is 0 Å². The maximum Gasteiger partial charge on any atom is 0.305 e. The minimum Gasteiger partial charge on any atom is -0.466 e. The number of ketones is 1. The molecule has 0 saturated carbocycles. The topological polar surface area (TPSA) is 46.6 Å². The van der Waals surface area contributed by atoms with E-state index in [9.17, 15) is 9.59 Å². The lowest BCUT2D eigenvalue weighted by molar-refractivity contribution is -0.142. The number of esters is 1. The van der Waals surface area contributed by atoms with Gasteiger partial charge in [0.05, 0.1) is 13.2 Å². The fraction of sp³-hybridized carbons (Fsp3) is 0.913. The average Bonchev–Trinajstić information content (AvgIpc) is 2.88. The van der Waals surface area contributed by atoms with Crippen LogP contribution < -0.4 is 0 Å². The van der Waals surface area contributed by atoms with Crippen molar-refractivity contribution < 1.29 is 14.3 Å². The predicted octanol–water partition coefficient (Wildman–Crippen LogP) is 5.92. The number of carbonyl (C=O) groups excluding carboxylic acids is 2. The van der Waals surface area contributed by atoms with Crippen molar-refractivity contribution in [3.8, 4) is 0 Å². The van der Waals surface area contributed by atoms with Crippen molar-refractivity contribution in [1.82, 2.24) is 4.90 Å². The highest BCUT2D eigenvalue weighted by Crippen LogP contribution is 2.10. The Morgan fingerprint density at radius 3 is 2.15 bits per heavy atom. The van der Waals surface area contributed by atoms with Gasteiger partial charge in [0.15, 0.2) is 0 Å². The molecule has 1 rings (SSSR count). The smallest absolute Gasteiger partial charge is 0.305 e. The predicted molar refractivity (Wildman–Crippen MR) is 114 cm³/mol. The molecular formula is C23H45NO3. The van der Waals surface area contributed by atoms with Crippen molar-refractivity contribution in [3.63, 3.8) is 0 Å². The van der Waals surface area contributed by atoms with Crippen LogP contribution in [0.15, 0.2) is 0 Å². The molecule has 0 radical (unpaired) electrons. The lowest BCUT2D eigenvalue weighted by Crippen LogP contribution is -2.26. The molecule has 0 spiro atoms. The molecule has 0 amide bonds. The third-order valence-electron chi connectivity index (χ3n) is 4.90. The quantitative estimate of drug-likeness (QED) is 0.276. The van der Waals surface area contributed by atoms with Gasteiger partial charge in [-0.3, -0.25) is 14.5 Å². The second kappa shape index (κ2) is 19.9. The molecule has 160 valence electrons. The molecule has 27 heavy (non-hydrogen) atoms. The summed E-state index contributed by atoms with van der Waals surface area (Å²) in [5, 5.41) is 0. The number of nitrogens with zero attached hydrogens (tertiary/aromatic N) is 1. The van der Waals surface area contributed by atoms with Gasteiger partial charge in [0, 0.05) is 12.8 Å². The maximum absolute atomic E-state index is 11.7. The molecule has 1 aliphatic rings. The van der Waals surface area contributed by atoms with Gasteiger partial charge >= 0.3 is 5.97 Å². The molecule has 0 aromatic carbocycles. The minimum absolute atomic E-state index is 0.0255. The zero-order valence-electron chi connectivity index (χ0n) is 18.4. The van der Waals surface area contributed by atoms with Crippen LogP contribution in [0.3, 0.4) is 0 Å². The van der Waals surface area contributed by atoms with Crippen LogP contribution in [0.4, 0.5) is 0 Å². The van der Waals surface area contributed by atoms with Crippen LogP contribution in [0.5, 0.6) is 0 Å². The van der Waals surface area contributed by atoms with E-state index in [0.717, 1.165) is 45.1 Å². The molecule has 0 aliphatic carbocycles. The first kappa shape index (κ1) is 26.1. The summed E-state index contributed by atoms with van der Waals surface area (Å²) in [5.74, 6) is 0.390. The molecule has 4 heteroatoms. The highest BCUT2D eigenvalue weighted by molar-refractivity contribution is 5.80. The van der Waals surface area contributed by atoms with Crippen LogP contribution in [0.25, 0.3) is 0 Å². The zero-order valence-corrected chi connectivity index (χ0v) is 18.4. The summed E-state index contributed by atoms with van der Waals surface area (Å²) in [4.78, 5) is 24.3. The number of cyclic esters (lactones) is 1. The summed E-state index contributed by atoms with van der Waals surface area (Å²) >= 11 is 0. The van der Waals surface area contributed by atoms with Crippen molar-refractivity contribution in [2.45, 2.75) is 110 Å². The molecule has 0 N–H and O–H groups in total. The molecule has 1 heterocycles. The molecule has 1 saturated heterocycles. The lowest BCUT2D eigenvalue weighted by atomic mass is 10.1.